The van der Waals surface area contributed by atoms with Gasteiger partial charge in [-0.2, -0.15) is 0 Å². The SMILES string of the molecule is Cc1cc(=O)cc(C(C)c2ccccc2)o1. The van der Waals surface area contributed by atoms with Gasteiger partial charge in [0.25, 0.3) is 0 Å². The molecule has 16 heavy (non-hydrogen) atoms. The van der Waals surface area contributed by atoms with Crippen molar-refractivity contribution in [2.75, 3.05) is 0 Å². The molecular formula is C14H14O2. The maximum absolute atomic E-state index is 11.4. The summed E-state index contributed by atoms with van der Waals surface area (Å²) in [4.78, 5) is 11.4. The van der Waals surface area contributed by atoms with Gasteiger partial charge in [0.2, 0.25) is 0 Å². The van der Waals surface area contributed by atoms with Crippen molar-refractivity contribution in [3.05, 3.63) is 69.8 Å². The van der Waals surface area contributed by atoms with Gasteiger partial charge < -0.3 is 4.42 Å². The first kappa shape index (κ1) is 10.7. The van der Waals surface area contributed by atoms with Gasteiger partial charge in [-0.05, 0) is 12.5 Å². The Labute approximate surface area is 94.5 Å². The van der Waals surface area contributed by atoms with Crippen molar-refractivity contribution < 1.29 is 4.42 Å². The van der Waals surface area contributed by atoms with Crippen molar-refractivity contribution in [1.29, 1.82) is 0 Å². The van der Waals surface area contributed by atoms with Crippen LogP contribution in [-0.2, 0) is 0 Å². The minimum Gasteiger partial charge on any atom is -0.465 e. The minimum atomic E-state index is 0.00142. The van der Waals surface area contributed by atoms with Crippen LogP contribution in [0, 0.1) is 6.92 Å². The average Bonchev–Trinajstić information content (AvgIpc) is 2.28. The van der Waals surface area contributed by atoms with E-state index in [1.165, 1.54) is 6.07 Å². The predicted octanol–water partition coefficient (Wildman–Crippen LogP) is 3.10. The van der Waals surface area contributed by atoms with Gasteiger partial charge in [-0.15, -0.1) is 0 Å². The largest absolute Gasteiger partial charge is 0.465 e. The molecule has 0 amide bonds. The second kappa shape index (κ2) is 4.35. The number of hydrogen-bond donors (Lipinski definition) is 0. The zero-order chi connectivity index (χ0) is 11.5. The zero-order valence-electron chi connectivity index (χ0n) is 9.44. The standard InChI is InChI=1S/C14H14O2/c1-10-8-13(15)9-14(16-10)11(2)12-6-4-3-5-7-12/h3-9,11H,1-2H3. The smallest absolute Gasteiger partial charge is 0.185 e. The molecule has 0 aliphatic carbocycles. The quantitative estimate of drug-likeness (QED) is 0.769. The van der Waals surface area contributed by atoms with E-state index < -0.39 is 0 Å². The minimum absolute atomic E-state index is 0.00142. The zero-order valence-corrected chi connectivity index (χ0v) is 9.44. The lowest BCUT2D eigenvalue weighted by Crippen LogP contribution is -2.04. The lowest BCUT2D eigenvalue weighted by Gasteiger charge is -2.11. The van der Waals surface area contributed by atoms with Crippen molar-refractivity contribution in [1.82, 2.24) is 0 Å². The highest BCUT2D eigenvalue weighted by Gasteiger charge is 2.11. The molecule has 0 saturated heterocycles. The number of benzene rings is 1. The lowest BCUT2D eigenvalue weighted by atomic mass is 9.98. The van der Waals surface area contributed by atoms with E-state index in [9.17, 15) is 4.79 Å². The molecule has 1 unspecified atom stereocenters. The third-order valence-electron chi connectivity index (χ3n) is 2.64. The van der Waals surface area contributed by atoms with Crippen LogP contribution in [-0.4, -0.2) is 0 Å². The molecule has 0 aliphatic heterocycles. The molecule has 2 nitrogen and oxygen atoms in total. The van der Waals surface area contributed by atoms with E-state index in [1.807, 2.05) is 37.3 Å². The van der Waals surface area contributed by atoms with Crippen LogP contribution in [0.3, 0.4) is 0 Å². The van der Waals surface area contributed by atoms with E-state index in [1.54, 1.807) is 13.0 Å². The van der Waals surface area contributed by atoms with Crippen LogP contribution in [0.25, 0.3) is 0 Å². The maximum atomic E-state index is 11.4. The van der Waals surface area contributed by atoms with E-state index in [4.69, 9.17) is 4.42 Å². The average molecular weight is 214 g/mol. The van der Waals surface area contributed by atoms with Crippen molar-refractivity contribution in [3.8, 4) is 0 Å². The number of hydrogen-bond acceptors (Lipinski definition) is 2. The molecule has 1 atom stereocenters. The second-order valence-electron chi connectivity index (χ2n) is 3.94. The first-order valence-corrected chi connectivity index (χ1v) is 5.33. The van der Waals surface area contributed by atoms with Gasteiger partial charge in [0.15, 0.2) is 5.43 Å². The van der Waals surface area contributed by atoms with Gasteiger partial charge in [-0.1, -0.05) is 37.3 Å². The molecule has 0 N–H and O–H groups in total. The molecule has 0 fully saturated rings. The van der Waals surface area contributed by atoms with Gasteiger partial charge in [-0.3, -0.25) is 4.79 Å². The molecule has 0 aliphatic rings. The molecule has 0 spiro atoms. The van der Waals surface area contributed by atoms with E-state index in [0.29, 0.717) is 5.76 Å². The molecule has 2 aromatic rings. The molecule has 2 heteroatoms. The van der Waals surface area contributed by atoms with Gasteiger partial charge in [0.1, 0.15) is 11.5 Å². The normalized spacial score (nSPS) is 12.4. The summed E-state index contributed by atoms with van der Waals surface area (Å²) < 4.78 is 5.57. The first-order chi connectivity index (χ1) is 7.66. The fourth-order valence-electron chi connectivity index (χ4n) is 1.75. The molecule has 2 rings (SSSR count). The Balaban J connectivity index is 2.41. The molecular weight excluding hydrogens is 200 g/mol. The first-order valence-electron chi connectivity index (χ1n) is 5.33. The van der Waals surface area contributed by atoms with Crippen LogP contribution < -0.4 is 5.43 Å². The van der Waals surface area contributed by atoms with Crippen LogP contribution in [0.4, 0.5) is 0 Å². The summed E-state index contributed by atoms with van der Waals surface area (Å²) in [6.07, 6.45) is 0. The Bertz CT molecular complexity index is 526. The highest BCUT2D eigenvalue weighted by Crippen LogP contribution is 2.23. The van der Waals surface area contributed by atoms with Gasteiger partial charge in [0, 0.05) is 18.1 Å². The predicted molar refractivity (Wildman–Crippen MR) is 63.7 cm³/mol. The lowest BCUT2D eigenvalue weighted by molar-refractivity contribution is 0.452. The van der Waals surface area contributed by atoms with Crippen molar-refractivity contribution >= 4 is 0 Å². The summed E-state index contributed by atoms with van der Waals surface area (Å²) in [6, 6.07) is 13.1. The van der Waals surface area contributed by atoms with Gasteiger partial charge in [-0.25, -0.2) is 0 Å². The number of aryl methyl sites for hydroxylation is 1. The third kappa shape index (κ3) is 2.22. The molecule has 0 bridgehead atoms. The summed E-state index contributed by atoms with van der Waals surface area (Å²) in [5, 5.41) is 0. The maximum Gasteiger partial charge on any atom is 0.185 e. The summed E-state index contributed by atoms with van der Waals surface area (Å²) in [5.74, 6) is 1.48. The van der Waals surface area contributed by atoms with Crippen LogP contribution in [0.1, 0.15) is 29.9 Å². The van der Waals surface area contributed by atoms with Crippen LogP contribution >= 0.6 is 0 Å². The molecule has 1 heterocycles. The van der Waals surface area contributed by atoms with Crippen molar-refractivity contribution in [2.45, 2.75) is 19.8 Å². The van der Waals surface area contributed by atoms with E-state index in [2.05, 4.69) is 0 Å². The van der Waals surface area contributed by atoms with Crippen LogP contribution in [0.2, 0.25) is 0 Å². The molecule has 82 valence electrons. The molecule has 1 aromatic carbocycles. The van der Waals surface area contributed by atoms with E-state index in [-0.39, 0.29) is 11.3 Å². The Morgan fingerprint density at radius 1 is 1.12 bits per heavy atom. The Morgan fingerprint density at radius 3 is 2.44 bits per heavy atom. The summed E-state index contributed by atoms with van der Waals surface area (Å²) in [6.45, 7) is 3.83. The fourth-order valence-corrected chi connectivity index (χ4v) is 1.75. The number of rotatable bonds is 2. The monoisotopic (exact) mass is 214 g/mol. The third-order valence-corrected chi connectivity index (χ3v) is 2.64. The topological polar surface area (TPSA) is 30.2 Å². The van der Waals surface area contributed by atoms with Gasteiger partial charge >= 0.3 is 0 Å². The Hall–Kier alpha value is -1.83. The summed E-state index contributed by atoms with van der Waals surface area (Å²) >= 11 is 0. The Kier molecular flexibility index (Phi) is 2.91. The highest BCUT2D eigenvalue weighted by atomic mass is 16.3. The van der Waals surface area contributed by atoms with E-state index in [0.717, 1.165) is 11.3 Å². The van der Waals surface area contributed by atoms with Crippen LogP contribution in [0.5, 0.6) is 0 Å². The fraction of sp³-hybridized carbons (Fsp3) is 0.214. The molecule has 0 saturated carbocycles. The van der Waals surface area contributed by atoms with Crippen molar-refractivity contribution in [2.24, 2.45) is 0 Å². The summed E-state index contributed by atoms with van der Waals surface area (Å²) in [7, 11) is 0. The summed E-state index contributed by atoms with van der Waals surface area (Å²) in [5.41, 5.74) is 1.15. The van der Waals surface area contributed by atoms with Gasteiger partial charge in [0.05, 0.1) is 0 Å². The van der Waals surface area contributed by atoms with Crippen LogP contribution in [0.15, 0.2) is 51.7 Å². The van der Waals surface area contributed by atoms with Crippen molar-refractivity contribution in [3.63, 3.8) is 0 Å². The molecule has 1 aromatic heterocycles. The highest BCUT2D eigenvalue weighted by molar-refractivity contribution is 5.26. The second-order valence-corrected chi connectivity index (χ2v) is 3.94. The Morgan fingerprint density at radius 2 is 1.81 bits per heavy atom. The molecule has 0 radical (unpaired) electrons. The van der Waals surface area contributed by atoms with E-state index >= 15 is 0 Å².